The number of hydrogen-bond acceptors (Lipinski definition) is 9. The first-order valence-electron chi connectivity index (χ1n) is 13.7. The molecule has 2 aromatic heterocycles. The number of aromatic nitrogens is 2. The minimum absolute atomic E-state index is 0.153. The molecule has 5 rings (SSSR count). The molecule has 1 saturated heterocycles. The summed E-state index contributed by atoms with van der Waals surface area (Å²) in [5.41, 5.74) is 6.85. The fourth-order valence-electron chi connectivity index (χ4n) is 5.26. The van der Waals surface area contributed by atoms with E-state index in [1.54, 1.807) is 0 Å². The van der Waals surface area contributed by atoms with Gasteiger partial charge in [-0.15, -0.1) is 0 Å². The van der Waals surface area contributed by atoms with Crippen LogP contribution in [0.15, 0.2) is 48.7 Å². The summed E-state index contributed by atoms with van der Waals surface area (Å²) in [5.74, 6) is -6.41. The second-order valence-electron chi connectivity index (χ2n) is 10.6. The number of anilines is 2. The number of halogens is 3. The van der Waals surface area contributed by atoms with E-state index in [0.717, 1.165) is 35.9 Å². The molecule has 4 atom stereocenters. The smallest absolute Gasteiger partial charge is 0.328 e. The maximum atomic E-state index is 14.5. The van der Waals surface area contributed by atoms with Gasteiger partial charge in [-0.25, -0.2) is 27.7 Å². The highest BCUT2D eigenvalue weighted by atomic mass is 19.1. The van der Waals surface area contributed by atoms with E-state index in [-0.39, 0.29) is 11.6 Å². The number of piperidine rings is 1. The molecule has 0 saturated carbocycles. The van der Waals surface area contributed by atoms with Gasteiger partial charge in [-0.3, -0.25) is 9.78 Å². The number of aliphatic hydroxyl groups excluding tert-OH is 2. The quantitative estimate of drug-likeness (QED) is 0.219. The van der Waals surface area contributed by atoms with Crippen molar-refractivity contribution in [2.24, 2.45) is 11.7 Å². The van der Waals surface area contributed by atoms with Gasteiger partial charge in [-0.2, -0.15) is 0 Å². The molecule has 12 nitrogen and oxygen atoms in total. The number of carbonyl (C=O) groups excluding carboxylic acids is 1. The zero-order chi connectivity index (χ0) is 33.0. The van der Waals surface area contributed by atoms with Gasteiger partial charge in [0.25, 0.3) is 5.91 Å². The largest absolute Gasteiger partial charge is 0.478 e. The van der Waals surface area contributed by atoms with Gasteiger partial charge in [-0.1, -0.05) is 13.0 Å². The van der Waals surface area contributed by atoms with E-state index in [0.29, 0.717) is 55.2 Å². The molecule has 7 N–H and O–H groups in total. The minimum Gasteiger partial charge on any atom is -0.478 e. The van der Waals surface area contributed by atoms with Crippen molar-refractivity contribution in [3.63, 3.8) is 0 Å². The zero-order valence-corrected chi connectivity index (χ0v) is 23.8. The number of nitrogens with zero attached hydrogens (tertiary/aromatic N) is 3. The topological polar surface area (TPSA) is 199 Å². The van der Waals surface area contributed by atoms with Crippen LogP contribution in [0.1, 0.15) is 41.2 Å². The van der Waals surface area contributed by atoms with Crippen molar-refractivity contribution in [2.75, 3.05) is 23.3 Å². The van der Waals surface area contributed by atoms with Crippen LogP contribution >= 0.6 is 0 Å². The predicted octanol–water partition coefficient (Wildman–Crippen LogP) is 2.65. The van der Waals surface area contributed by atoms with Crippen LogP contribution in [0.2, 0.25) is 0 Å². The van der Waals surface area contributed by atoms with Gasteiger partial charge >= 0.3 is 11.9 Å². The van der Waals surface area contributed by atoms with Crippen LogP contribution < -0.4 is 16.0 Å². The van der Waals surface area contributed by atoms with Crippen molar-refractivity contribution in [3.05, 3.63) is 83.1 Å². The normalized spacial score (nSPS) is 20.7. The molecule has 0 radical (unpaired) electrons. The Morgan fingerprint density at radius 1 is 1.00 bits per heavy atom. The first kappa shape index (κ1) is 33.0. The van der Waals surface area contributed by atoms with Crippen LogP contribution in [-0.2, 0) is 16.0 Å². The molecule has 3 heterocycles. The molecule has 0 bridgehead atoms. The lowest BCUT2D eigenvalue weighted by molar-refractivity contribution is -0.134. The number of carbonyl (C=O) groups is 3. The third kappa shape index (κ3) is 7.45. The van der Waals surface area contributed by atoms with Crippen molar-refractivity contribution >= 4 is 29.2 Å². The molecule has 1 aliphatic heterocycles. The highest BCUT2D eigenvalue weighted by molar-refractivity contribution is 6.05. The standard InChI is InChI=1S/C26H26F3N5O3.C4H4O4/c1-12-10-34(11-17(30)25(12)36)24-13-5-8-20(35)22(13)31-9-19(24)33-26(37)18-7-6-16(29)23(32-18)21-14(27)3-2-4-15(21)28;5-3(6)1-2-4(7)8/h2-4,6-7,9,12,17,20,25,35-36H,5,8,10-11,30H2,1H3,(H,33,37);1-2H,(H,5,6)(H,7,8)/t12-,17+,20?,25+;/m0./s1. The third-order valence-corrected chi connectivity index (χ3v) is 7.34. The molecule has 1 unspecified atom stereocenters. The van der Waals surface area contributed by atoms with Crippen molar-refractivity contribution in [3.8, 4) is 11.3 Å². The highest BCUT2D eigenvalue weighted by Crippen LogP contribution is 2.41. The van der Waals surface area contributed by atoms with Crippen molar-refractivity contribution < 1.29 is 48.0 Å². The number of benzene rings is 1. The maximum Gasteiger partial charge on any atom is 0.328 e. The SMILES string of the molecule is C[C@H]1CN(c2c(NC(=O)c3ccc(F)c(-c4c(F)cccc4F)n3)cnc3c2CCC3O)C[C@@H](N)[C@@H]1O.O=C(O)C=CC(=O)O. The van der Waals surface area contributed by atoms with Gasteiger partial charge in [-0.05, 0) is 37.1 Å². The van der Waals surface area contributed by atoms with E-state index in [1.807, 2.05) is 11.8 Å². The summed E-state index contributed by atoms with van der Waals surface area (Å²) in [5, 5.41) is 39.1. The Balaban J connectivity index is 0.000000510. The molecular formula is C30H30F3N5O7. The van der Waals surface area contributed by atoms with Crippen molar-refractivity contribution in [1.82, 2.24) is 9.97 Å². The lowest BCUT2D eigenvalue weighted by Gasteiger charge is -2.41. The van der Waals surface area contributed by atoms with Crippen LogP contribution in [0.5, 0.6) is 0 Å². The molecule has 2 aliphatic rings. The van der Waals surface area contributed by atoms with Crippen molar-refractivity contribution in [1.29, 1.82) is 0 Å². The number of amides is 1. The minimum atomic E-state index is -1.26. The number of aliphatic carboxylic acids is 2. The van der Waals surface area contributed by atoms with E-state index >= 15 is 0 Å². The summed E-state index contributed by atoms with van der Waals surface area (Å²) in [7, 11) is 0. The molecule has 15 heteroatoms. The molecule has 45 heavy (non-hydrogen) atoms. The van der Waals surface area contributed by atoms with Crippen LogP contribution in [0.3, 0.4) is 0 Å². The van der Waals surface area contributed by atoms with E-state index < -0.39 is 64.8 Å². The van der Waals surface area contributed by atoms with Gasteiger partial charge in [0.2, 0.25) is 0 Å². The van der Waals surface area contributed by atoms with E-state index in [9.17, 15) is 37.8 Å². The van der Waals surface area contributed by atoms with Crippen LogP contribution in [0.25, 0.3) is 11.3 Å². The van der Waals surface area contributed by atoms with E-state index in [4.69, 9.17) is 15.9 Å². The number of carboxylic acids is 2. The van der Waals surface area contributed by atoms with E-state index in [1.165, 1.54) is 6.20 Å². The molecular weight excluding hydrogens is 599 g/mol. The summed E-state index contributed by atoms with van der Waals surface area (Å²) in [6.45, 7) is 2.64. The number of nitrogens with one attached hydrogen (secondary N) is 1. The van der Waals surface area contributed by atoms with Gasteiger partial charge < -0.3 is 36.4 Å². The number of nitrogens with two attached hydrogens (primary N) is 1. The molecule has 1 aliphatic carbocycles. The molecule has 0 spiro atoms. The highest BCUT2D eigenvalue weighted by Gasteiger charge is 2.36. The lowest BCUT2D eigenvalue weighted by Crippen LogP contribution is -2.56. The Kier molecular flexibility index (Phi) is 10.2. The van der Waals surface area contributed by atoms with Gasteiger partial charge in [0.05, 0.1) is 41.0 Å². The molecule has 1 fully saturated rings. The molecule has 1 aromatic carbocycles. The summed E-state index contributed by atoms with van der Waals surface area (Å²) >= 11 is 0. The van der Waals surface area contributed by atoms with E-state index in [2.05, 4.69) is 15.3 Å². The number of fused-ring (bicyclic) bond motifs is 1. The number of hydrogen-bond donors (Lipinski definition) is 6. The Bertz CT molecular complexity index is 1610. The summed E-state index contributed by atoms with van der Waals surface area (Å²) in [6, 6.07) is 4.61. The average molecular weight is 630 g/mol. The Morgan fingerprint density at radius 3 is 2.24 bits per heavy atom. The Labute approximate surface area is 254 Å². The van der Waals surface area contributed by atoms with Crippen molar-refractivity contribution in [2.45, 2.75) is 38.0 Å². The Hall–Kier alpha value is -4.86. The second-order valence-corrected chi connectivity index (χ2v) is 10.6. The number of carboxylic acid groups (broad SMARTS) is 2. The van der Waals surface area contributed by atoms with Crippen LogP contribution in [0, 0.1) is 23.4 Å². The first-order valence-corrected chi connectivity index (χ1v) is 13.7. The summed E-state index contributed by atoms with van der Waals surface area (Å²) in [6.07, 6.45) is 2.11. The average Bonchev–Trinajstić information content (AvgIpc) is 3.35. The monoisotopic (exact) mass is 629 g/mol. The van der Waals surface area contributed by atoms with Gasteiger partial charge in [0.15, 0.2) is 0 Å². The fourth-order valence-corrected chi connectivity index (χ4v) is 5.26. The first-order chi connectivity index (χ1) is 21.3. The predicted molar refractivity (Wildman–Crippen MR) is 155 cm³/mol. The summed E-state index contributed by atoms with van der Waals surface area (Å²) in [4.78, 5) is 42.5. The van der Waals surface area contributed by atoms with Crippen LogP contribution in [0.4, 0.5) is 24.5 Å². The number of pyridine rings is 2. The third-order valence-electron chi connectivity index (χ3n) is 7.34. The molecule has 3 aromatic rings. The molecule has 1 amide bonds. The number of aliphatic hydroxyl groups is 2. The second kappa shape index (κ2) is 13.8. The zero-order valence-electron chi connectivity index (χ0n) is 23.8. The van der Waals surface area contributed by atoms with Gasteiger partial charge in [0, 0.05) is 42.8 Å². The maximum absolute atomic E-state index is 14.5. The fraction of sp³-hybridized carbons (Fsp3) is 0.300. The molecule has 238 valence electrons. The lowest BCUT2D eigenvalue weighted by atomic mass is 9.92. The summed E-state index contributed by atoms with van der Waals surface area (Å²) < 4.78 is 43.1. The Morgan fingerprint density at radius 2 is 1.64 bits per heavy atom. The van der Waals surface area contributed by atoms with Gasteiger partial charge in [0.1, 0.15) is 28.8 Å². The van der Waals surface area contributed by atoms with Crippen LogP contribution in [-0.4, -0.2) is 73.5 Å². The number of rotatable bonds is 6.